The van der Waals surface area contributed by atoms with Gasteiger partial charge in [0.2, 0.25) is 0 Å². The van der Waals surface area contributed by atoms with Crippen molar-refractivity contribution in [1.82, 2.24) is 24.4 Å². The molecule has 0 amide bonds. The number of aryl methyl sites for hydroxylation is 1. The lowest BCUT2D eigenvalue weighted by Gasteiger charge is -2.07. The van der Waals surface area contributed by atoms with Gasteiger partial charge in [0.15, 0.2) is 11.0 Å². The zero-order valence-corrected chi connectivity index (χ0v) is 14.1. The van der Waals surface area contributed by atoms with Crippen LogP contribution in [0.15, 0.2) is 29.4 Å². The number of nitrogens with zero attached hydrogens (tertiary/aromatic N) is 5. The summed E-state index contributed by atoms with van der Waals surface area (Å²) in [4.78, 5) is 0.984. The Bertz CT molecular complexity index is 823. The highest BCUT2D eigenvalue weighted by Gasteiger charge is 2.31. The van der Waals surface area contributed by atoms with Crippen LogP contribution >= 0.6 is 23.3 Å². The average Bonchev–Trinajstić information content (AvgIpc) is 3.17. The Kier molecular flexibility index (Phi) is 3.86. The van der Waals surface area contributed by atoms with Crippen LogP contribution < -0.4 is 0 Å². The van der Waals surface area contributed by atoms with Crippen LogP contribution in [0.25, 0.3) is 10.7 Å². The third kappa shape index (κ3) is 3.00. The highest BCUT2D eigenvalue weighted by molar-refractivity contribution is 7.98. The van der Waals surface area contributed by atoms with Crippen LogP contribution in [0.2, 0.25) is 0 Å². The first kappa shape index (κ1) is 14.8. The van der Waals surface area contributed by atoms with Crippen LogP contribution in [-0.2, 0) is 5.75 Å². The lowest BCUT2D eigenvalue weighted by atomic mass is 10.2. The lowest BCUT2D eigenvalue weighted by molar-refractivity contribution is 0.627. The first-order valence-corrected chi connectivity index (χ1v) is 9.10. The Labute approximate surface area is 141 Å². The maximum absolute atomic E-state index is 13.0. The molecule has 8 heteroatoms. The molecule has 1 aliphatic rings. The highest BCUT2D eigenvalue weighted by atomic mass is 32.2. The second-order valence-electron chi connectivity index (χ2n) is 5.51. The van der Waals surface area contributed by atoms with E-state index in [2.05, 4.69) is 24.4 Å². The summed E-state index contributed by atoms with van der Waals surface area (Å²) in [6.07, 6.45) is 2.31. The molecule has 5 nitrogen and oxygen atoms in total. The summed E-state index contributed by atoms with van der Waals surface area (Å²) < 4.78 is 19.2. The molecular formula is C15H14FN5S2. The van der Waals surface area contributed by atoms with E-state index in [9.17, 15) is 4.39 Å². The summed E-state index contributed by atoms with van der Waals surface area (Å²) >= 11 is 2.99. The number of hydrogen-bond donors (Lipinski definition) is 0. The van der Waals surface area contributed by atoms with E-state index < -0.39 is 0 Å². The summed E-state index contributed by atoms with van der Waals surface area (Å²) in [7, 11) is 0. The largest absolute Gasteiger partial charge is 0.298 e. The Hall–Kier alpha value is -1.80. The molecule has 2 heterocycles. The summed E-state index contributed by atoms with van der Waals surface area (Å²) in [6, 6.07) is 7.05. The number of aromatic nitrogens is 5. The fourth-order valence-electron chi connectivity index (χ4n) is 2.36. The molecule has 0 spiro atoms. The van der Waals surface area contributed by atoms with E-state index >= 15 is 0 Å². The van der Waals surface area contributed by atoms with Crippen LogP contribution in [0.4, 0.5) is 4.39 Å². The molecular weight excluding hydrogens is 333 g/mol. The van der Waals surface area contributed by atoms with Crippen molar-refractivity contribution in [2.45, 2.75) is 36.7 Å². The molecule has 0 atom stereocenters. The Morgan fingerprint density at radius 1 is 1.22 bits per heavy atom. The van der Waals surface area contributed by atoms with Gasteiger partial charge >= 0.3 is 0 Å². The molecule has 0 bridgehead atoms. The maximum Gasteiger partial charge on any atom is 0.192 e. The summed E-state index contributed by atoms with van der Waals surface area (Å²) in [6.45, 7) is 1.94. The second-order valence-corrected chi connectivity index (χ2v) is 7.21. The van der Waals surface area contributed by atoms with Crippen molar-refractivity contribution in [3.63, 3.8) is 0 Å². The van der Waals surface area contributed by atoms with Gasteiger partial charge in [0, 0.05) is 11.8 Å². The quantitative estimate of drug-likeness (QED) is 0.656. The van der Waals surface area contributed by atoms with Gasteiger partial charge in [0.25, 0.3) is 0 Å². The Balaban J connectivity index is 1.60. The zero-order valence-electron chi connectivity index (χ0n) is 12.4. The summed E-state index contributed by atoms with van der Waals surface area (Å²) in [5.74, 6) is 1.39. The van der Waals surface area contributed by atoms with E-state index in [1.165, 1.54) is 23.7 Å². The SMILES string of the molecule is Cc1nnsc1-c1nnc(SCc2ccc(F)cc2)n1C1CC1. The first-order valence-electron chi connectivity index (χ1n) is 7.34. The third-order valence-electron chi connectivity index (χ3n) is 3.71. The van der Waals surface area contributed by atoms with Crippen LogP contribution in [-0.4, -0.2) is 24.4 Å². The molecule has 23 heavy (non-hydrogen) atoms. The number of rotatable bonds is 5. The Morgan fingerprint density at radius 3 is 2.65 bits per heavy atom. The molecule has 0 radical (unpaired) electrons. The molecule has 3 aromatic rings. The van der Waals surface area contributed by atoms with E-state index in [1.54, 1.807) is 23.9 Å². The van der Waals surface area contributed by atoms with Gasteiger partial charge in [-0.15, -0.1) is 15.3 Å². The third-order valence-corrected chi connectivity index (χ3v) is 5.55. The van der Waals surface area contributed by atoms with Crippen molar-refractivity contribution in [1.29, 1.82) is 0 Å². The average molecular weight is 347 g/mol. The number of thioether (sulfide) groups is 1. The fourth-order valence-corrected chi connectivity index (χ4v) is 3.96. The number of benzene rings is 1. The topological polar surface area (TPSA) is 56.5 Å². The van der Waals surface area contributed by atoms with Gasteiger partial charge in [-0.25, -0.2) is 4.39 Å². The van der Waals surface area contributed by atoms with E-state index in [0.717, 1.165) is 45.7 Å². The number of hydrogen-bond acceptors (Lipinski definition) is 6. The van der Waals surface area contributed by atoms with Crippen LogP contribution in [0.1, 0.15) is 30.1 Å². The summed E-state index contributed by atoms with van der Waals surface area (Å²) in [5.41, 5.74) is 1.96. The second kappa shape index (κ2) is 6.01. The molecule has 118 valence electrons. The predicted octanol–water partition coefficient (Wildman–Crippen LogP) is 3.87. The van der Waals surface area contributed by atoms with Crippen molar-refractivity contribution in [3.05, 3.63) is 41.3 Å². The van der Waals surface area contributed by atoms with Crippen molar-refractivity contribution in [3.8, 4) is 10.7 Å². The molecule has 0 N–H and O–H groups in total. The van der Waals surface area contributed by atoms with E-state index in [1.807, 2.05) is 6.92 Å². The van der Waals surface area contributed by atoms with Crippen molar-refractivity contribution in [2.75, 3.05) is 0 Å². The molecule has 0 saturated heterocycles. The van der Waals surface area contributed by atoms with E-state index in [0.29, 0.717) is 6.04 Å². The zero-order chi connectivity index (χ0) is 15.8. The van der Waals surface area contributed by atoms with Gasteiger partial charge in [-0.05, 0) is 49.0 Å². The van der Waals surface area contributed by atoms with Crippen LogP contribution in [0.3, 0.4) is 0 Å². The molecule has 1 aliphatic carbocycles. The van der Waals surface area contributed by atoms with Gasteiger partial charge in [-0.1, -0.05) is 28.4 Å². The molecule has 4 rings (SSSR count). The van der Waals surface area contributed by atoms with Gasteiger partial charge in [0.1, 0.15) is 10.7 Å². The predicted molar refractivity (Wildman–Crippen MR) is 87.9 cm³/mol. The number of halogens is 1. The molecule has 1 fully saturated rings. The van der Waals surface area contributed by atoms with Crippen molar-refractivity contribution >= 4 is 23.3 Å². The Morgan fingerprint density at radius 2 is 2.00 bits per heavy atom. The van der Waals surface area contributed by atoms with Gasteiger partial charge < -0.3 is 0 Å². The first-order chi connectivity index (χ1) is 11.2. The minimum atomic E-state index is -0.213. The normalized spacial score (nSPS) is 14.3. The maximum atomic E-state index is 13.0. The van der Waals surface area contributed by atoms with Gasteiger partial charge in [-0.3, -0.25) is 4.57 Å². The van der Waals surface area contributed by atoms with Crippen LogP contribution in [0.5, 0.6) is 0 Å². The standard InChI is InChI=1S/C15H14FN5S2/c1-9-13(23-20-17-9)14-18-19-15(21(14)12-6-7-12)22-8-10-2-4-11(16)5-3-10/h2-5,12H,6-8H2,1H3. The molecule has 2 aromatic heterocycles. The monoisotopic (exact) mass is 347 g/mol. The lowest BCUT2D eigenvalue weighted by Crippen LogP contribution is -1.99. The molecule has 1 aromatic carbocycles. The summed E-state index contributed by atoms with van der Waals surface area (Å²) in [5, 5.41) is 13.7. The minimum Gasteiger partial charge on any atom is -0.298 e. The van der Waals surface area contributed by atoms with Gasteiger partial charge in [-0.2, -0.15) is 0 Å². The van der Waals surface area contributed by atoms with E-state index in [4.69, 9.17) is 0 Å². The van der Waals surface area contributed by atoms with Crippen LogP contribution in [0, 0.1) is 12.7 Å². The van der Waals surface area contributed by atoms with Gasteiger partial charge in [0.05, 0.1) is 5.69 Å². The highest BCUT2D eigenvalue weighted by Crippen LogP contribution is 2.42. The minimum absolute atomic E-state index is 0.213. The molecule has 0 aliphatic heterocycles. The molecule has 1 saturated carbocycles. The smallest absolute Gasteiger partial charge is 0.192 e. The van der Waals surface area contributed by atoms with Crippen molar-refractivity contribution < 1.29 is 4.39 Å². The molecule has 0 unspecified atom stereocenters. The van der Waals surface area contributed by atoms with E-state index in [-0.39, 0.29) is 5.82 Å². The fraction of sp³-hybridized carbons (Fsp3) is 0.333. The van der Waals surface area contributed by atoms with Crippen molar-refractivity contribution in [2.24, 2.45) is 0 Å².